The van der Waals surface area contributed by atoms with Crippen LogP contribution in [-0.4, -0.2) is 39.3 Å². The van der Waals surface area contributed by atoms with Crippen LogP contribution >= 0.6 is 0 Å². The Kier molecular flexibility index (Phi) is 7.84. The number of carbonyl (C=O) groups is 1. The van der Waals surface area contributed by atoms with Crippen LogP contribution in [0.2, 0.25) is 0 Å². The molecule has 4 heteroatoms. The van der Waals surface area contributed by atoms with Crippen LogP contribution in [-0.2, 0) is 16.0 Å². The van der Waals surface area contributed by atoms with Gasteiger partial charge in [0.25, 0.3) is 0 Å². The van der Waals surface area contributed by atoms with Crippen molar-refractivity contribution in [1.29, 1.82) is 0 Å². The summed E-state index contributed by atoms with van der Waals surface area (Å²) in [7, 11) is 1.66. The van der Waals surface area contributed by atoms with Gasteiger partial charge in [0, 0.05) is 33.2 Å². The average Bonchev–Trinajstić information content (AvgIpc) is 2.40. The van der Waals surface area contributed by atoms with Gasteiger partial charge in [-0.05, 0) is 12.0 Å². The highest BCUT2D eigenvalue weighted by atomic mass is 16.5. The molecule has 0 radical (unpaired) electrons. The van der Waals surface area contributed by atoms with Crippen molar-refractivity contribution >= 4 is 5.91 Å². The van der Waals surface area contributed by atoms with E-state index in [0.717, 1.165) is 13.0 Å². The summed E-state index contributed by atoms with van der Waals surface area (Å²) < 4.78 is 4.90. The number of amides is 1. The zero-order valence-electron chi connectivity index (χ0n) is 10.9. The number of benzene rings is 1. The molecule has 0 aliphatic carbocycles. The smallest absolute Gasteiger partial charge is 0.221 e. The van der Waals surface area contributed by atoms with Gasteiger partial charge < -0.3 is 15.4 Å². The van der Waals surface area contributed by atoms with E-state index in [1.807, 2.05) is 18.2 Å². The Bertz CT molecular complexity index is 328. The summed E-state index contributed by atoms with van der Waals surface area (Å²) in [5.74, 6) is 0.0934. The Hall–Kier alpha value is -1.39. The molecule has 0 saturated heterocycles. The van der Waals surface area contributed by atoms with E-state index in [1.165, 1.54) is 5.56 Å². The first-order chi connectivity index (χ1) is 8.83. The fourth-order valence-electron chi connectivity index (χ4n) is 1.58. The van der Waals surface area contributed by atoms with Crippen LogP contribution in [0, 0.1) is 0 Å². The summed E-state index contributed by atoms with van der Waals surface area (Å²) in [5, 5.41) is 6.05. The van der Waals surface area contributed by atoms with Crippen molar-refractivity contribution in [3.63, 3.8) is 0 Å². The summed E-state index contributed by atoms with van der Waals surface area (Å²) in [6, 6.07) is 10.2. The molecular weight excluding hydrogens is 228 g/mol. The number of nitrogens with one attached hydrogen (secondary N) is 2. The molecule has 0 saturated carbocycles. The van der Waals surface area contributed by atoms with Gasteiger partial charge in [0.1, 0.15) is 0 Å². The summed E-state index contributed by atoms with van der Waals surface area (Å²) in [5.41, 5.74) is 1.25. The molecule has 0 aliphatic heterocycles. The highest BCUT2D eigenvalue weighted by Crippen LogP contribution is 1.98. The van der Waals surface area contributed by atoms with E-state index in [9.17, 15) is 4.79 Å². The number of ether oxygens (including phenoxy) is 1. The summed E-state index contributed by atoms with van der Waals surface area (Å²) in [6.07, 6.45) is 1.39. The van der Waals surface area contributed by atoms with Gasteiger partial charge >= 0.3 is 0 Å². The van der Waals surface area contributed by atoms with Gasteiger partial charge in [-0.25, -0.2) is 0 Å². The lowest BCUT2D eigenvalue weighted by Crippen LogP contribution is -2.30. The summed E-state index contributed by atoms with van der Waals surface area (Å²) >= 11 is 0. The normalized spacial score (nSPS) is 10.3. The van der Waals surface area contributed by atoms with E-state index in [0.29, 0.717) is 26.1 Å². The van der Waals surface area contributed by atoms with Crippen LogP contribution in [0.25, 0.3) is 0 Å². The molecule has 1 amide bonds. The van der Waals surface area contributed by atoms with Gasteiger partial charge in [-0.2, -0.15) is 0 Å². The second kappa shape index (κ2) is 9.62. The predicted molar refractivity (Wildman–Crippen MR) is 72.5 cm³/mol. The molecule has 1 aromatic carbocycles. The minimum atomic E-state index is 0.0934. The molecule has 1 aromatic rings. The molecule has 2 N–H and O–H groups in total. The number of carbonyl (C=O) groups excluding carboxylic acids is 1. The maximum absolute atomic E-state index is 11.5. The van der Waals surface area contributed by atoms with E-state index in [-0.39, 0.29) is 5.91 Å². The van der Waals surface area contributed by atoms with Crippen LogP contribution in [0.3, 0.4) is 0 Å². The zero-order valence-corrected chi connectivity index (χ0v) is 10.9. The van der Waals surface area contributed by atoms with Crippen molar-refractivity contribution in [3.05, 3.63) is 35.9 Å². The first kappa shape index (κ1) is 14.7. The molecule has 0 bridgehead atoms. The minimum Gasteiger partial charge on any atom is -0.383 e. The van der Waals surface area contributed by atoms with Crippen LogP contribution in [0.5, 0.6) is 0 Å². The number of hydrogen-bond donors (Lipinski definition) is 2. The second-order valence-corrected chi connectivity index (χ2v) is 4.08. The zero-order chi connectivity index (χ0) is 13.1. The summed E-state index contributed by atoms with van der Waals surface area (Å²) in [4.78, 5) is 11.5. The van der Waals surface area contributed by atoms with Crippen LogP contribution in [0.4, 0.5) is 0 Å². The molecule has 0 fully saturated rings. The second-order valence-electron chi connectivity index (χ2n) is 4.08. The average molecular weight is 250 g/mol. The molecular formula is C14H22N2O2. The van der Waals surface area contributed by atoms with Crippen molar-refractivity contribution in [2.24, 2.45) is 0 Å². The van der Waals surface area contributed by atoms with Gasteiger partial charge in [0.15, 0.2) is 0 Å². The molecule has 100 valence electrons. The van der Waals surface area contributed by atoms with E-state index >= 15 is 0 Å². The molecule has 0 aliphatic rings. The molecule has 0 heterocycles. The number of methoxy groups -OCH3 is 1. The van der Waals surface area contributed by atoms with Gasteiger partial charge in [-0.1, -0.05) is 30.3 Å². The van der Waals surface area contributed by atoms with E-state index in [1.54, 1.807) is 7.11 Å². The molecule has 0 aromatic heterocycles. The maximum Gasteiger partial charge on any atom is 0.221 e. The molecule has 0 unspecified atom stereocenters. The fourth-order valence-corrected chi connectivity index (χ4v) is 1.58. The van der Waals surface area contributed by atoms with E-state index in [4.69, 9.17) is 4.74 Å². The van der Waals surface area contributed by atoms with Gasteiger partial charge in [-0.15, -0.1) is 0 Å². The Morgan fingerprint density at radius 3 is 2.67 bits per heavy atom. The lowest BCUT2D eigenvalue weighted by Gasteiger charge is -2.06. The topological polar surface area (TPSA) is 50.4 Å². The van der Waals surface area contributed by atoms with Crippen LogP contribution in [0.1, 0.15) is 12.0 Å². The van der Waals surface area contributed by atoms with Crippen molar-refractivity contribution < 1.29 is 9.53 Å². The number of hydrogen-bond acceptors (Lipinski definition) is 3. The van der Waals surface area contributed by atoms with Crippen LogP contribution in [0.15, 0.2) is 30.3 Å². The molecule has 18 heavy (non-hydrogen) atoms. The highest BCUT2D eigenvalue weighted by Gasteiger charge is 2.00. The van der Waals surface area contributed by atoms with Crippen molar-refractivity contribution in [2.45, 2.75) is 12.8 Å². The quantitative estimate of drug-likeness (QED) is 0.642. The van der Waals surface area contributed by atoms with Crippen LogP contribution < -0.4 is 10.6 Å². The molecule has 1 rings (SSSR count). The number of rotatable bonds is 9. The third-order valence-electron chi connectivity index (χ3n) is 2.59. The van der Waals surface area contributed by atoms with Gasteiger partial charge in [0.05, 0.1) is 6.61 Å². The van der Waals surface area contributed by atoms with Crippen molar-refractivity contribution in [3.8, 4) is 0 Å². The lowest BCUT2D eigenvalue weighted by atomic mass is 10.1. The third-order valence-corrected chi connectivity index (χ3v) is 2.59. The highest BCUT2D eigenvalue weighted by molar-refractivity contribution is 5.76. The predicted octanol–water partition coefficient (Wildman–Crippen LogP) is 0.971. The largest absolute Gasteiger partial charge is 0.383 e. The Morgan fingerprint density at radius 1 is 1.17 bits per heavy atom. The van der Waals surface area contributed by atoms with Crippen molar-refractivity contribution in [1.82, 2.24) is 10.6 Å². The van der Waals surface area contributed by atoms with Gasteiger partial charge in [0.2, 0.25) is 5.91 Å². The Labute approximate surface area is 109 Å². The standard InChI is InChI=1S/C14H22N2O2/c1-18-12-11-15-9-8-14(17)16-10-7-13-5-3-2-4-6-13/h2-6,15H,7-12H2,1H3,(H,16,17). The maximum atomic E-state index is 11.5. The lowest BCUT2D eigenvalue weighted by molar-refractivity contribution is -0.120. The van der Waals surface area contributed by atoms with Crippen molar-refractivity contribution in [2.75, 3.05) is 33.4 Å². The monoisotopic (exact) mass is 250 g/mol. The molecule has 0 spiro atoms. The van der Waals surface area contributed by atoms with E-state index in [2.05, 4.69) is 22.8 Å². The third kappa shape index (κ3) is 7.04. The van der Waals surface area contributed by atoms with E-state index < -0.39 is 0 Å². The summed E-state index contributed by atoms with van der Waals surface area (Å²) in [6.45, 7) is 2.85. The minimum absolute atomic E-state index is 0.0934. The van der Waals surface area contributed by atoms with Gasteiger partial charge in [-0.3, -0.25) is 4.79 Å². The Balaban J connectivity index is 2.00. The molecule has 0 atom stereocenters. The first-order valence-corrected chi connectivity index (χ1v) is 6.33. The Morgan fingerprint density at radius 2 is 1.94 bits per heavy atom. The molecule has 4 nitrogen and oxygen atoms in total. The first-order valence-electron chi connectivity index (χ1n) is 6.33. The fraction of sp³-hybridized carbons (Fsp3) is 0.500. The SMILES string of the molecule is COCCNCCC(=O)NCCc1ccccc1.